The van der Waals surface area contributed by atoms with E-state index in [-0.39, 0.29) is 47.8 Å². The minimum Gasteiger partial charge on any atom is -0.453 e. The number of aryl methyl sites for hydroxylation is 2. The number of rotatable bonds is 13. The van der Waals surface area contributed by atoms with Crippen LogP contribution in [0.4, 0.5) is 9.59 Å². The van der Waals surface area contributed by atoms with E-state index in [1.807, 2.05) is 9.80 Å². The van der Waals surface area contributed by atoms with E-state index >= 15 is 0 Å². The van der Waals surface area contributed by atoms with Crippen LogP contribution in [0.2, 0.25) is 0 Å². The first-order chi connectivity index (χ1) is 37.9. The number of nitrogens with one attached hydrogen (secondary N) is 4. The Balaban J connectivity index is 0.819. The number of allylic oxidation sites excluding steroid dienone is 4. The molecule has 13 atom stereocenters. The first-order valence-electron chi connectivity index (χ1n) is 28.6. The maximum absolute atomic E-state index is 14.6. The van der Waals surface area contributed by atoms with Crippen molar-refractivity contribution in [2.45, 2.75) is 164 Å². The molecule has 0 spiro atoms. The predicted molar refractivity (Wildman–Crippen MR) is 295 cm³/mol. The summed E-state index contributed by atoms with van der Waals surface area (Å²) in [6, 6.07) is 15.6. The molecule has 8 aliphatic rings. The molecule has 2 saturated heterocycles. The molecule has 3 aromatic carbocycles. The molecule has 4 bridgehead atoms. The average molecular weight is 1060 g/mol. The first kappa shape index (κ1) is 52.2. The zero-order valence-corrected chi connectivity index (χ0v) is 45.8. The molecule has 2 unspecified atom stereocenters. The van der Waals surface area contributed by atoms with Gasteiger partial charge in [0.2, 0.25) is 11.8 Å². The molecule has 3 saturated carbocycles. The van der Waals surface area contributed by atoms with E-state index < -0.39 is 36.6 Å². The zero-order chi connectivity index (χ0) is 54.1. The summed E-state index contributed by atoms with van der Waals surface area (Å²) in [7, 11) is 5.55. The van der Waals surface area contributed by atoms with Crippen molar-refractivity contribution in [2.75, 3.05) is 28.4 Å². The second-order valence-electron chi connectivity index (χ2n) is 23.2. The Labute approximate surface area is 455 Å². The molecule has 4 amide bonds. The third-order valence-corrected chi connectivity index (χ3v) is 19.2. The van der Waals surface area contributed by atoms with E-state index in [9.17, 15) is 19.2 Å². The SMILES string of the molecule is CCc1cc2c(-c3ccc4nc([C@@H]5C[C@@H]6CCCC[C@@H]6N5C(=O)[C@@H](NC(=O)OC)[C@@H](N)OC)[nH]c4c3)cc1CCC1C=C3C(=C[C@H]1c1ccc4nc([C@@H]5C[C@@H]6CCCC[C@@H]6N5C(=O)[C@@H](NC(=O)OC)[C@@H](C)OC)[nH]c4c1)CC32. The summed E-state index contributed by atoms with van der Waals surface area (Å²) in [5.74, 6) is 2.52. The number of ether oxygens (including phenoxy) is 4. The Morgan fingerprint density at radius 1 is 0.731 bits per heavy atom. The first-order valence-corrected chi connectivity index (χ1v) is 28.6. The molecule has 2 aliphatic heterocycles. The highest BCUT2D eigenvalue weighted by Crippen LogP contribution is 2.56. The molecule has 6 aliphatic carbocycles. The number of carbonyl (C=O) groups is 4. The summed E-state index contributed by atoms with van der Waals surface area (Å²) >= 11 is 0. The number of alkyl carbamates (subject to hydrolysis) is 2. The third-order valence-electron chi connectivity index (χ3n) is 19.2. The van der Waals surface area contributed by atoms with Crippen molar-refractivity contribution < 1.29 is 38.1 Å². The minimum atomic E-state index is -1.13. The van der Waals surface area contributed by atoms with Gasteiger partial charge in [0.25, 0.3) is 0 Å². The molecule has 78 heavy (non-hydrogen) atoms. The topological polar surface area (TPSA) is 219 Å². The largest absolute Gasteiger partial charge is 0.453 e. The normalized spacial score (nSPS) is 27.7. The number of methoxy groups -OCH3 is 4. The van der Waals surface area contributed by atoms with E-state index in [1.165, 1.54) is 60.3 Å². The summed E-state index contributed by atoms with van der Waals surface area (Å²) in [5.41, 5.74) is 20.6. The lowest BCUT2D eigenvalue weighted by Gasteiger charge is -2.42. The van der Waals surface area contributed by atoms with Crippen molar-refractivity contribution in [1.82, 2.24) is 40.4 Å². The van der Waals surface area contributed by atoms with E-state index in [0.717, 1.165) is 129 Å². The highest BCUT2D eigenvalue weighted by atomic mass is 16.5. The molecule has 13 rings (SSSR count). The van der Waals surface area contributed by atoms with Gasteiger partial charge >= 0.3 is 12.2 Å². The van der Waals surface area contributed by atoms with Crippen LogP contribution in [-0.4, -0.2) is 119 Å². The number of carbonyl (C=O) groups excluding carboxylic acids is 4. The van der Waals surface area contributed by atoms with Crippen LogP contribution in [0.1, 0.15) is 149 Å². The number of H-pyrrole nitrogens is 2. The van der Waals surface area contributed by atoms with Crippen LogP contribution in [0.25, 0.3) is 33.2 Å². The molecular weight excluding hydrogens is 987 g/mol. The molecule has 412 valence electrons. The Morgan fingerprint density at radius 2 is 1.33 bits per heavy atom. The molecule has 17 nitrogen and oxygen atoms in total. The van der Waals surface area contributed by atoms with E-state index in [4.69, 9.17) is 34.6 Å². The Bertz CT molecular complexity index is 3220. The standard InChI is InChI=1S/C61H75N9O8/c1-7-32-22-43-41(36-19-21-46-48(28-36)66-57(64-46)52-30-38-13-9-11-15-50(38)70(52)59(72)54(55(62)76-4)68-61(74)78-6)23-33(32)16-17-34-24-42-39(26-44(42)43)25-40(34)35-18-20-45-47(27-35)65-56(63-45)51-29-37-12-8-10-14-49(37)69(51)58(71)53(31(2)75-3)67-60(73)77-5/h18-25,27-28,31,34,37-38,40,44,49-55H,7-17,26,29-30,62H2,1-6H3,(H,63,65)(H,64,66)(H,67,73)(H,68,74)/t31-,34?,37+,38+,40-,44?,49+,50+,51+,52+,53+,54+,55+/m1/s1. The summed E-state index contributed by atoms with van der Waals surface area (Å²) in [4.78, 5) is 75.9. The molecule has 17 heteroatoms. The molecule has 6 N–H and O–H groups in total. The van der Waals surface area contributed by atoms with Gasteiger partial charge in [0.15, 0.2) is 6.04 Å². The van der Waals surface area contributed by atoms with Gasteiger partial charge in [0.05, 0.1) is 54.5 Å². The van der Waals surface area contributed by atoms with Gasteiger partial charge in [-0.05, 0) is 158 Å². The number of fused-ring (bicyclic) bond motifs is 7. The van der Waals surface area contributed by atoms with Crippen molar-refractivity contribution in [3.63, 3.8) is 0 Å². The van der Waals surface area contributed by atoms with Gasteiger partial charge in [0.1, 0.15) is 23.9 Å². The number of imidazole rings is 2. The molecular formula is C61H75N9O8. The lowest BCUT2D eigenvalue weighted by Crippen LogP contribution is -2.59. The summed E-state index contributed by atoms with van der Waals surface area (Å²) in [6.45, 7) is 4.07. The molecule has 4 heterocycles. The number of hydrogen-bond acceptors (Lipinski definition) is 11. The molecule has 5 fully saturated rings. The van der Waals surface area contributed by atoms with Gasteiger partial charge < -0.3 is 55.1 Å². The summed E-state index contributed by atoms with van der Waals surface area (Å²) in [6.07, 6.45) is 15.8. The van der Waals surface area contributed by atoms with E-state index in [0.29, 0.717) is 17.8 Å². The summed E-state index contributed by atoms with van der Waals surface area (Å²) < 4.78 is 20.9. The Hall–Kier alpha value is -6.56. The number of aromatic nitrogens is 4. The van der Waals surface area contributed by atoms with Crippen molar-refractivity contribution in [2.24, 2.45) is 23.5 Å². The Morgan fingerprint density at radius 3 is 1.95 bits per heavy atom. The smallest absolute Gasteiger partial charge is 0.407 e. The fourth-order valence-electron chi connectivity index (χ4n) is 15.1. The van der Waals surface area contributed by atoms with Crippen LogP contribution in [0.15, 0.2) is 71.8 Å². The van der Waals surface area contributed by atoms with Crippen molar-refractivity contribution >= 4 is 46.1 Å². The maximum atomic E-state index is 14.6. The minimum absolute atomic E-state index is 0.00370. The quantitative estimate of drug-likeness (QED) is 0.0700. The summed E-state index contributed by atoms with van der Waals surface area (Å²) in [5, 5.41) is 5.43. The number of nitrogens with zero attached hydrogens (tertiary/aromatic N) is 4. The fraction of sp³-hybridized carbons (Fsp3) is 0.541. The van der Waals surface area contributed by atoms with Gasteiger partial charge in [-0.3, -0.25) is 9.59 Å². The second-order valence-corrected chi connectivity index (χ2v) is 23.2. The predicted octanol–water partition coefficient (Wildman–Crippen LogP) is 9.45. The number of amides is 4. The third kappa shape index (κ3) is 9.16. The zero-order valence-electron chi connectivity index (χ0n) is 45.8. The average Bonchev–Trinajstić information content (AvgIpc) is 4.39. The van der Waals surface area contributed by atoms with E-state index in [1.54, 1.807) is 14.0 Å². The van der Waals surface area contributed by atoms with Gasteiger partial charge in [-0.15, -0.1) is 0 Å². The lowest BCUT2D eigenvalue weighted by molar-refractivity contribution is -0.141. The van der Waals surface area contributed by atoms with Crippen molar-refractivity contribution in [1.29, 1.82) is 0 Å². The van der Waals surface area contributed by atoms with Gasteiger partial charge in [-0.1, -0.05) is 69.0 Å². The number of likely N-dealkylation sites (tertiary alicyclic amines) is 2. The number of hydrogen-bond donors (Lipinski definition) is 5. The number of nitrogens with two attached hydrogens (primary N) is 1. The molecule has 0 radical (unpaired) electrons. The van der Waals surface area contributed by atoms with Gasteiger partial charge in [-0.2, -0.15) is 0 Å². The highest BCUT2D eigenvalue weighted by Gasteiger charge is 2.51. The maximum Gasteiger partial charge on any atom is 0.407 e. The van der Waals surface area contributed by atoms with Gasteiger partial charge in [-0.25, -0.2) is 19.6 Å². The van der Waals surface area contributed by atoms with Gasteiger partial charge in [0, 0.05) is 38.1 Å². The second kappa shape index (κ2) is 21.2. The van der Waals surface area contributed by atoms with Crippen LogP contribution in [0.5, 0.6) is 0 Å². The van der Waals surface area contributed by atoms with Crippen molar-refractivity contribution in [3.05, 3.63) is 106 Å². The number of aromatic amines is 2. The van der Waals surface area contributed by atoms with Crippen LogP contribution < -0.4 is 16.4 Å². The highest BCUT2D eigenvalue weighted by molar-refractivity contribution is 5.89. The lowest BCUT2D eigenvalue weighted by atomic mass is 9.61. The molecule has 2 aromatic heterocycles. The number of benzene rings is 3. The van der Waals surface area contributed by atoms with Crippen LogP contribution in [0.3, 0.4) is 0 Å². The van der Waals surface area contributed by atoms with Crippen LogP contribution >= 0.6 is 0 Å². The molecule has 5 aromatic rings. The van der Waals surface area contributed by atoms with Crippen LogP contribution in [0, 0.1) is 17.8 Å². The Kier molecular flexibility index (Phi) is 14.2. The van der Waals surface area contributed by atoms with Crippen molar-refractivity contribution in [3.8, 4) is 11.1 Å². The fourth-order valence-corrected chi connectivity index (χ4v) is 15.1. The van der Waals surface area contributed by atoms with E-state index in [2.05, 4.69) is 88.2 Å². The monoisotopic (exact) mass is 1060 g/mol. The van der Waals surface area contributed by atoms with Crippen LogP contribution in [-0.2, 0) is 41.4 Å².